The molecule has 4 aromatic carbocycles. The minimum absolute atomic E-state index is 0.164. The van der Waals surface area contributed by atoms with E-state index >= 15 is 0 Å². The minimum atomic E-state index is -4.70. The number of allylic oxidation sites excluding steroid dienone is 5. The largest absolute Gasteiger partial charge is 0.744 e. The topological polar surface area (TPSA) is 251 Å². The fourth-order valence-electron chi connectivity index (χ4n) is 7.44. The molecule has 62 heavy (non-hydrogen) atoms. The van der Waals surface area contributed by atoms with Crippen LogP contribution < -0.4 is 9.47 Å². The summed E-state index contributed by atoms with van der Waals surface area (Å²) in [6.07, 6.45) is 10.0. The number of carbonyl (C=O) groups is 1. The lowest BCUT2D eigenvalue weighted by Crippen LogP contribution is -2.30. The Hall–Kier alpha value is -5.52. The van der Waals surface area contributed by atoms with Crippen LogP contribution in [0.2, 0.25) is 0 Å². The molecule has 0 radical (unpaired) electrons. The summed E-state index contributed by atoms with van der Waals surface area (Å²) in [5.74, 6) is 0.450. The summed E-state index contributed by atoms with van der Waals surface area (Å²) in [7, 11) is -13.5. The van der Waals surface area contributed by atoms with Crippen LogP contribution in [0.1, 0.15) is 36.0 Å². The van der Waals surface area contributed by atoms with Crippen molar-refractivity contribution < 1.29 is 65.6 Å². The molecule has 7 rings (SSSR count). The van der Waals surface area contributed by atoms with Crippen LogP contribution in [-0.2, 0) is 57.5 Å². The van der Waals surface area contributed by atoms with Gasteiger partial charge in [-0.2, -0.15) is 21.4 Å². The van der Waals surface area contributed by atoms with Gasteiger partial charge in [0, 0.05) is 46.5 Å². The van der Waals surface area contributed by atoms with E-state index in [9.17, 15) is 43.7 Å². The first kappa shape index (κ1) is 46.0. The normalized spacial score (nSPS) is 15.0. The molecule has 2 heterocycles. The van der Waals surface area contributed by atoms with Crippen molar-refractivity contribution in [2.75, 3.05) is 24.3 Å². The average molecular weight is 941 g/mol. The Morgan fingerprint density at radius 3 is 1.95 bits per heavy atom. The van der Waals surface area contributed by atoms with Gasteiger partial charge in [-0.3, -0.25) is 13.9 Å². The fourth-order valence-corrected chi connectivity index (χ4v) is 10.0. The Kier molecular flexibility index (Phi) is 13.7. The highest BCUT2D eigenvalue weighted by atomic mass is 32.2. The first-order valence-corrected chi connectivity index (χ1v) is 24.5. The van der Waals surface area contributed by atoms with Crippen molar-refractivity contribution >= 4 is 104 Å². The van der Waals surface area contributed by atoms with Gasteiger partial charge in [-0.1, -0.05) is 48.6 Å². The zero-order valence-corrected chi connectivity index (χ0v) is 36.7. The predicted molar refractivity (Wildman–Crippen MR) is 230 cm³/mol. The van der Waals surface area contributed by atoms with Crippen LogP contribution in [0, 0.1) is 0 Å². The zero-order valence-electron chi connectivity index (χ0n) is 32.7. The molecule has 2 aliphatic rings. The summed E-state index contributed by atoms with van der Waals surface area (Å²) in [5.41, 5.74) is 6.76. The molecule has 0 atom stereocenters. The first-order valence-electron chi connectivity index (χ1n) is 18.3. The molecular weight excluding hydrogens is 905 g/mol. The van der Waals surface area contributed by atoms with Crippen molar-refractivity contribution in [2.24, 2.45) is 7.05 Å². The van der Waals surface area contributed by atoms with Crippen molar-refractivity contribution in [3.63, 3.8) is 0 Å². The molecular formula is C41H36N2O14S5. The maximum Gasteiger partial charge on any atom is 0.425 e. The summed E-state index contributed by atoms with van der Waals surface area (Å²) < 4.78 is 136. The zero-order chi connectivity index (χ0) is 45.1. The van der Waals surface area contributed by atoms with E-state index in [1.165, 1.54) is 48.2 Å². The summed E-state index contributed by atoms with van der Waals surface area (Å²) >= 11 is 1.51. The van der Waals surface area contributed by atoms with E-state index in [0.717, 1.165) is 44.3 Å². The fraction of sp³-hybridized carbons (Fsp3) is 0.171. The standard InChI is InChI=1S/C41H36N2O11S4.O3S/c1-42-37-9-4-3-8-33(37)31(34-17-12-28(22-38(34)42)56(45,46)47)15-10-26-6-5-7-27(41(26)55-21-20-54-25-44)11-16-32-35-18-13-29(57(48,49)50)23-39(35)43(2)40-24-30(58(51,52)53)14-19-36(32)40;1-4(2)3/h3-4,8-19,22-25H,5-7,20-21H2,1-2H3,(H2-,45,46,47,48,49,50,51,52,53);. The number of hydrogen-bond donors (Lipinski definition) is 2. The van der Waals surface area contributed by atoms with Gasteiger partial charge in [0.15, 0.2) is 0 Å². The van der Waals surface area contributed by atoms with E-state index < -0.39 is 41.0 Å². The van der Waals surface area contributed by atoms with E-state index in [2.05, 4.69) is 0 Å². The number of fused-ring (bicyclic) bond motifs is 4. The number of anilines is 2. The van der Waals surface area contributed by atoms with E-state index in [1.807, 2.05) is 60.2 Å². The molecule has 0 bridgehead atoms. The number of ether oxygens (including phenoxy) is 1. The van der Waals surface area contributed by atoms with E-state index in [-0.39, 0.29) is 21.3 Å². The second-order valence-corrected chi connectivity index (χ2v) is 19.6. The molecule has 1 aliphatic heterocycles. The van der Waals surface area contributed by atoms with E-state index in [1.54, 1.807) is 30.1 Å². The van der Waals surface area contributed by atoms with Crippen molar-refractivity contribution in [1.82, 2.24) is 0 Å². The summed E-state index contributed by atoms with van der Waals surface area (Å²) in [6, 6.07) is 20.3. The number of carbonyl (C=O) groups excluding carboxylic acids is 1. The number of hydrogen-bond acceptors (Lipinski definition) is 14. The summed E-state index contributed by atoms with van der Waals surface area (Å²) in [6.45, 7) is 0.556. The van der Waals surface area contributed by atoms with Crippen LogP contribution in [0.3, 0.4) is 0 Å². The second kappa shape index (κ2) is 18.4. The number of rotatable bonds is 11. The number of para-hydroxylation sites is 1. The third kappa shape index (κ3) is 10.1. The van der Waals surface area contributed by atoms with E-state index in [4.69, 9.17) is 17.4 Å². The van der Waals surface area contributed by atoms with Crippen molar-refractivity contribution in [3.8, 4) is 0 Å². The summed E-state index contributed by atoms with van der Waals surface area (Å²) in [4.78, 5) is 12.5. The molecule has 0 spiro atoms. The van der Waals surface area contributed by atoms with Crippen molar-refractivity contribution in [1.29, 1.82) is 0 Å². The number of pyridine rings is 1. The Labute approximate surface area is 362 Å². The molecule has 0 amide bonds. The van der Waals surface area contributed by atoms with Gasteiger partial charge in [-0.25, -0.2) is 8.42 Å². The maximum absolute atomic E-state index is 12.1. The Balaban J connectivity index is 0.00000154. The van der Waals surface area contributed by atoms with Gasteiger partial charge in [-0.15, -0.1) is 24.4 Å². The molecule has 5 aromatic rings. The number of nitrogens with zero attached hydrogens (tertiary/aromatic N) is 2. The summed E-state index contributed by atoms with van der Waals surface area (Å²) in [5, 5.41) is 1.65. The molecule has 0 saturated carbocycles. The van der Waals surface area contributed by atoms with Gasteiger partial charge < -0.3 is 14.2 Å². The molecule has 21 heteroatoms. The third-order valence-corrected chi connectivity index (χ3v) is 13.9. The maximum atomic E-state index is 12.1. The van der Waals surface area contributed by atoms with Gasteiger partial charge in [-0.05, 0) is 78.4 Å². The van der Waals surface area contributed by atoms with Crippen LogP contribution in [0.25, 0.3) is 33.5 Å². The molecule has 0 unspecified atom stereocenters. The highest BCUT2D eigenvalue weighted by Crippen LogP contribution is 2.46. The van der Waals surface area contributed by atoms with Gasteiger partial charge in [0.05, 0.1) is 36.8 Å². The van der Waals surface area contributed by atoms with Crippen LogP contribution in [0.4, 0.5) is 11.4 Å². The molecule has 324 valence electrons. The molecule has 2 N–H and O–H groups in total. The molecule has 0 saturated heterocycles. The van der Waals surface area contributed by atoms with Crippen LogP contribution in [-0.4, -0.2) is 77.4 Å². The molecule has 16 nitrogen and oxygen atoms in total. The van der Waals surface area contributed by atoms with Crippen molar-refractivity contribution in [2.45, 2.75) is 33.9 Å². The number of thioether (sulfide) groups is 1. The Morgan fingerprint density at radius 2 is 1.37 bits per heavy atom. The lowest BCUT2D eigenvalue weighted by Gasteiger charge is -2.32. The quantitative estimate of drug-likeness (QED) is 0.0529. The highest BCUT2D eigenvalue weighted by Gasteiger charge is 2.28. The Bertz CT molecular complexity index is 3160. The minimum Gasteiger partial charge on any atom is -0.744 e. The number of benzene rings is 4. The van der Waals surface area contributed by atoms with Crippen LogP contribution in [0.15, 0.2) is 128 Å². The number of aromatic nitrogens is 1. The Morgan fingerprint density at radius 1 is 0.790 bits per heavy atom. The SMILES string of the molecule is CN1c2cc(S(=O)(=O)O)ccc2C(=C/C=C2\CCCC(/C=C/c3c4ccccc4[n+](C)c4cc(S(=O)(=O)[O-])ccc34)=C2SCCOC=O)c2ccc(S(=O)(=O)O)cc21.O=S(=O)=O. The van der Waals surface area contributed by atoms with Gasteiger partial charge in [0.2, 0.25) is 11.0 Å². The van der Waals surface area contributed by atoms with E-state index in [0.29, 0.717) is 58.7 Å². The second-order valence-electron chi connectivity index (χ2n) is 13.8. The van der Waals surface area contributed by atoms with Crippen LogP contribution >= 0.6 is 11.8 Å². The third-order valence-electron chi connectivity index (χ3n) is 10.2. The van der Waals surface area contributed by atoms with Crippen LogP contribution in [0.5, 0.6) is 0 Å². The van der Waals surface area contributed by atoms with Gasteiger partial charge >= 0.3 is 10.6 Å². The van der Waals surface area contributed by atoms with Gasteiger partial charge in [0.25, 0.3) is 26.7 Å². The predicted octanol–water partition coefficient (Wildman–Crippen LogP) is 5.71. The smallest absolute Gasteiger partial charge is 0.425 e. The number of aryl methyl sites for hydroxylation is 1. The highest BCUT2D eigenvalue weighted by molar-refractivity contribution is 8.03. The molecule has 1 aromatic heterocycles. The molecule has 1 aliphatic carbocycles. The van der Waals surface area contributed by atoms with Gasteiger partial charge in [0.1, 0.15) is 23.8 Å². The molecule has 0 fully saturated rings. The lowest BCUT2D eigenvalue weighted by atomic mass is 9.89. The monoisotopic (exact) mass is 940 g/mol. The average Bonchev–Trinajstić information content (AvgIpc) is 3.21. The first-order chi connectivity index (χ1) is 29.2. The lowest BCUT2D eigenvalue weighted by molar-refractivity contribution is -0.617. The van der Waals surface area contributed by atoms with Crippen molar-refractivity contribution in [3.05, 3.63) is 130 Å².